The Bertz CT molecular complexity index is 773. The standard InChI is InChI=1S/C21H28FN5/c1-2-8-25-10-12-27(13-11-25)21-23-14-18-16-26(9-7-20(18)24-21)15-17-5-3-4-6-19(17)22/h3-6,14H,2,7-13,15-16H2,1H3. The second-order valence-electron chi connectivity index (χ2n) is 7.52. The fourth-order valence-electron chi connectivity index (χ4n) is 4.01. The maximum atomic E-state index is 13.9. The van der Waals surface area contributed by atoms with Gasteiger partial charge in [0.15, 0.2) is 0 Å². The van der Waals surface area contributed by atoms with Gasteiger partial charge in [-0.1, -0.05) is 25.1 Å². The second kappa shape index (κ2) is 8.31. The summed E-state index contributed by atoms with van der Waals surface area (Å²) in [5.41, 5.74) is 3.08. The van der Waals surface area contributed by atoms with Gasteiger partial charge in [-0.15, -0.1) is 0 Å². The van der Waals surface area contributed by atoms with Crippen molar-refractivity contribution in [3.8, 4) is 0 Å². The molecule has 0 aliphatic carbocycles. The van der Waals surface area contributed by atoms with E-state index < -0.39 is 0 Å². The van der Waals surface area contributed by atoms with E-state index in [2.05, 4.69) is 26.6 Å². The van der Waals surface area contributed by atoms with E-state index in [9.17, 15) is 4.39 Å². The van der Waals surface area contributed by atoms with Crippen LogP contribution in [0.5, 0.6) is 0 Å². The average Bonchev–Trinajstić information content (AvgIpc) is 2.70. The Labute approximate surface area is 160 Å². The molecule has 0 atom stereocenters. The second-order valence-corrected chi connectivity index (χ2v) is 7.52. The molecule has 0 bridgehead atoms. The number of anilines is 1. The number of hydrogen-bond acceptors (Lipinski definition) is 5. The molecule has 3 heterocycles. The van der Waals surface area contributed by atoms with Crippen LogP contribution in [-0.2, 0) is 19.5 Å². The van der Waals surface area contributed by atoms with Crippen molar-refractivity contribution in [2.45, 2.75) is 32.9 Å². The number of piperazine rings is 1. The third-order valence-electron chi connectivity index (χ3n) is 5.55. The van der Waals surface area contributed by atoms with Crippen molar-refractivity contribution < 1.29 is 4.39 Å². The number of rotatable bonds is 5. The molecule has 1 aromatic carbocycles. The molecular weight excluding hydrogens is 341 g/mol. The summed E-state index contributed by atoms with van der Waals surface area (Å²) in [6.07, 6.45) is 4.08. The quantitative estimate of drug-likeness (QED) is 0.810. The first-order valence-electron chi connectivity index (χ1n) is 10.0. The first kappa shape index (κ1) is 18.3. The fourth-order valence-corrected chi connectivity index (χ4v) is 4.01. The van der Waals surface area contributed by atoms with Gasteiger partial charge in [-0.2, -0.15) is 0 Å². The van der Waals surface area contributed by atoms with Gasteiger partial charge in [0.25, 0.3) is 0 Å². The number of aromatic nitrogens is 2. The summed E-state index contributed by atoms with van der Waals surface area (Å²) in [6, 6.07) is 7.03. The summed E-state index contributed by atoms with van der Waals surface area (Å²) in [4.78, 5) is 16.6. The molecule has 2 aliphatic rings. The van der Waals surface area contributed by atoms with Crippen molar-refractivity contribution >= 4 is 5.95 Å². The first-order valence-corrected chi connectivity index (χ1v) is 10.0. The van der Waals surface area contributed by atoms with Crippen LogP contribution < -0.4 is 4.90 Å². The molecule has 0 N–H and O–H groups in total. The molecule has 1 fully saturated rings. The van der Waals surface area contributed by atoms with Crippen molar-refractivity contribution in [2.24, 2.45) is 0 Å². The van der Waals surface area contributed by atoms with Gasteiger partial charge >= 0.3 is 0 Å². The van der Waals surface area contributed by atoms with Crippen LogP contribution in [0.2, 0.25) is 0 Å². The lowest BCUT2D eigenvalue weighted by atomic mass is 10.1. The lowest BCUT2D eigenvalue weighted by Gasteiger charge is -2.35. The van der Waals surface area contributed by atoms with E-state index in [1.54, 1.807) is 6.07 Å². The van der Waals surface area contributed by atoms with E-state index in [1.165, 1.54) is 24.6 Å². The molecule has 0 unspecified atom stereocenters. The van der Waals surface area contributed by atoms with Gasteiger partial charge in [0, 0.05) is 69.6 Å². The Morgan fingerprint density at radius 1 is 1.04 bits per heavy atom. The van der Waals surface area contributed by atoms with Crippen molar-refractivity contribution in [1.82, 2.24) is 19.8 Å². The highest BCUT2D eigenvalue weighted by atomic mass is 19.1. The molecule has 1 saturated heterocycles. The Morgan fingerprint density at radius 2 is 1.85 bits per heavy atom. The zero-order chi connectivity index (χ0) is 18.6. The number of benzene rings is 1. The molecule has 6 heteroatoms. The van der Waals surface area contributed by atoms with Crippen molar-refractivity contribution in [3.05, 3.63) is 53.1 Å². The summed E-state index contributed by atoms with van der Waals surface area (Å²) >= 11 is 0. The van der Waals surface area contributed by atoms with E-state index in [1.807, 2.05) is 18.3 Å². The summed E-state index contributed by atoms with van der Waals surface area (Å²) in [5.74, 6) is 0.740. The van der Waals surface area contributed by atoms with E-state index in [0.717, 1.165) is 62.9 Å². The molecule has 0 amide bonds. The van der Waals surface area contributed by atoms with Gasteiger partial charge in [0.2, 0.25) is 5.95 Å². The third-order valence-corrected chi connectivity index (χ3v) is 5.55. The van der Waals surface area contributed by atoms with Crippen molar-refractivity contribution in [1.29, 1.82) is 0 Å². The number of fused-ring (bicyclic) bond motifs is 1. The van der Waals surface area contributed by atoms with Crippen LogP contribution in [0, 0.1) is 5.82 Å². The zero-order valence-corrected chi connectivity index (χ0v) is 16.1. The van der Waals surface area contributed by atoms with Gasteiger partial charge in [-0.3, -0.25) is 9.80 Å². The van der Waals surface area contributed by atoms with Crippen LogP contribution >= 0.6 is 0 Å². The van der Waals surface area contributed by atoms with E-state index in [4.69, 9.17) is 4.98 Å². The van der Waals surface area contributed by atoms with Gasteiger partial charge in [-0.05, 0) is 19.0 Å². The first-order chi connectivity index (χ1) is 13.2. The Morgan fingerprint density at radius 3 is 2.63 bits per heavy atom. The molecule has 5 nitrogen and oxygen atoms in total. The van der Waals surface area contributed by atoms with Crippen molar-refractivity contribution in [3.63, 3.8) is 0 Å². The van der Waals surface area contributed by atoms with Gasteiger partial charge < -0.3 is 4.90 Å². The molecular formula is C21H28FN5. The summed E-state index contributed by atoms with van der Waals surface area (Å²) in [6.45, 7) is 9.90. The predicted octanol–water partition coefficient (Wildman–Crippen LogP) is 2.71. The molecule has 2 aromatic rings. The monoisotopic (exact) mass is 369 g/mol. The number of halogens is 1. The van der Waals surface area contributed by atoms with E-state index >= 15 is 0 Å². The molecule has 4 rings (SSSR count). The van der Waals surface area contributed by atoms with E-state index in [-0.39, 0.29) is 5.82 Å². The molecule has 2 aliphatic heterocycles. The molecule has 144 valence electrons. The lowest BCUT2D eigenvalue weighted by molar-refractivity contribution is 0.239. The summed E-state index contributed by atoms with van der Waals surface area (Å²) < 4.78 is 13.9. The normalized spacial score (nSPS) is 18.5. The van der Waals surface area contributed by atoms with Crippen molar-refractivity contribution in [2.75, 3.05) is 44.2 Å². The maximum Gasteiger partial charge on any atom is 0.225 e. The lowest BCUT2D eigenvalue weighted by Crippen LogP contribution is -2.47. The third kappa shape index (κ3) is 4.28. The zero-order valence-electron chi connectivity index (χ0n) is 16.1. The highest BCUT2D eigenvalue weighted by molar-refractivity contribution is 5.35. The number of hydrogen-bond donors (Lipinski definition) is 0. The number of nitrogens with zero attached hydrogens (tertiary/aromatic N) is 5. The average molecular weight is 369 g/mol. The van der Waals surface area contributed by atoms with E-state index in [0.29, 0.717) is 6.54 Å². The van der Waals surface area contributed by atoms with Crippen LogP contribution in [0.15, 0.2) is 30.5 Å². The minimum Gasteiger partial charge on any atom is -0.338 e. The largest absolute Gasteiger partial charge is 0.338 e. The van der Waals surface area contributed by atoms with Crippen LogP contribution in [0.4, 0.5) is 10.3 Å². The fraction of sp³-hybridized carbons (Fsp3) is 0.524. The Hall–Kier alpha value is -2.05. The van der Waals surface area contributed by atoms with Crippen LogP contribution in [0.3, 0.4) is 0 Å². The molecule has 0 radical (unpaired) electrons. The highest BCUT2D eigenvalue weighted by Crippen LogP contribution is 2.22. The molecule has 0 saturated carbocycles. The summed E-state index contributed by atoms with van der Waals surface area (Å²) in [7, 11) is 0. The van der Waals surface area contributed by atoms with Gasteiger partial charge in [0.1, 0.15) is 5.82 Å². The summed E-state index contributed by atoms with van der Waals surface area (Å²) in [5, 5.41) is 0. The molecule has 27 heavy (non-hydrogen) atoms. The SMILES string of the molecule is CCCN1CCN(c2ncc3c(n2)CCN(Cc2ccccc2F)C3)CC1. The highest BCUT2D eigenvalue weighted by Gasteiger charge is 2.22. The van der Waals surface area contributed by atoms with Gasteiger partial charge in [0.05, 0.1) is 5.69 Å². The Kier molecular flexibility index (Phi) is 5.64. The molecule has 1 aromatic heterocycles. The minimum atomic E-state index is -0.128. The van der Waals surface area contributed by atoms with Crippen LogP contribution in [-0.4, -0.2) is 59.0 Å². The van der Waals surface area contributed by atoms with Crippen LogP contribution in [0.1, 0.15) is 30.2 Å². The predicted molar refractivity (Wildman–Crippen MR) is 105 cm³/mol. The topological polar surface area (TPSA) is 35.5 Å². The maximum absolute atomic E-state index is 13.9. The van der Waals surface area contributed by atoms with Crippen LogP contribution in [0.25, 0.3) is 0 Å². The minimum absolute atomic E-state index is 0.128. The Balaban J connectivity index is 1.39. The molecule has 0 spiro atoms. The van der Waals surface area contributed by atoms with Gasteiger partial charge in [-0.25, -0.2) is 14.4 Å². The smallest absolute Gasteiger partial charge is 0.225 e.